The van der Waals surface area contributed by atoms with Gasteiger partial charge in [0.2, 0.25) is 5.88 Å². The molecule has 0 spiro atoms. The molecular formula is C26H29ClFN7O3. The molecule has 6 rings (SSSR count). The quantitative estimate of drug-likeness (QED) is 0.378. The molecule has 1 aromatic carbocycles. The number of H-pyrrole nitrogens is 1. The minimum absolute atomic E-state index is 0.106. The van der Waals surface area contributed by atoms with Gasteiger partial charge >= 0.3 is 6.01 Å². The van der Waals surface area contributed by atoms with Crippen molar-refractivity contribution in [2.24, 2.45) is 0 Å². The van der Waals surface area contributed by atoms with E-state index < -0.39 is 5.82 Å². The molecule has 2 aliphatic rings. The van der Waals surface area contributed by atoms with E-state index in [9.17, 15) is 4.39 Å². The highest BCUT2D eigenvalue weighted by molar-refractivity contribution is 6.33. The van der Waals surface area contributed by atoms with Gasteiger partial charge in [-0.25, -0.2) is 9.37 Å². The van der Waals surface area contributed by atoms with E-state index in [2.05, 4.69) is 25.0 Å². The molecule has 12 heteroatoms. The zero-order valence-electron chi connectivity index (χ0n) is 21.5. The molecule has 2 saturated heterocycles. The highest BCUT2D eigenvalue weighted by atomic mass is 35.5. The molecule has 2 fully saturated rings. The number of fused-ring (bicyclic) bond motifs is 2. The van der Waals surface area contributed by atoms with Gasteiger partial charge in [-0.3, -0.25) is 10.00 Å². The van der Waals surface area contributed by atoms with E-state index in [0.29, 0.717) is 28.7 Å². The van der Waals surface area contributed by atoms with Crippen molar-refractivity contribution in [1.29, 1.82) is 0 Å². The summed E-state index contributed by atoms with van der Waals surface area (Å²) in [4.78, 5) is 18.7. The van der Waals surface area contributed by atoms with E-state index in [0.717, 1.165) is 43.7 Å². The Balaban J connectivity index is 1.50. The van der Waals surface area contributed by atoms with Crippen molar-refractivity contribution in [3.8, 4) is 17.6 Å². The zero-order valence-corrected chi connectivity index (χ0v) is 22.3. The number of aryl methyl sites for hydroxylation is 1. The lowest BCUT2D eigenvalue weighted by Gasteiger charge is -2.29. The third-order valence-electron chi connectivity index (χ3n) is 7.14. The Morgan fingerprint density at radius 3 is 2.63 bits per heavy atom. The third-order valence-corrected chi connectivity index (χ3v) is 7.50. The average molecular weight is 542 g/mol. The number of benzene rings is 1. The van der Waals surface area contributed by atoms with E-state index in [4.69, 9.17) is 35.8 Å². The number of methoxy groups -OCH3 is 1. The van der Waals surface area contributed by atoms with Crippen LogP contribution >= 0.6 is 11.6 Å². The molecule has 0 radical (unpaired) electrons. The smallest absolute Gasteiger partial charge is 0.319 e. The van der Waals surface area contributed by atoms with Crippen LogP contribution in [0.15, 0.2) is 18.3 Å². The number of nitrogens with one attached hydrogen (secondary N) is 1. The fraction of sp³-hybridized carbons (Fsp3) is 0.462. The van der Waals surface area contributed by atoms with Crippen LogP contribution < -0.4 is 14.4 Å². The highest BCUT2D eigenvalue weighted by Crippen LogP contribution is 2.41. The number of nitrogens with zero attached hydrogens (tertiary/aromatic N) is 6. The molecule has 10 nitrogen and oxygen atoms in total. The minimum Gasteiger partial charge on any atom is -0.456 e. The summed E-state index contributed by atoms with van der Waals surface area (Å²) in [6, 6.07) is 3.44. The van der Waals surface area contributed by atoms with Crippen molar-refractivity contribution in [3.63, 3.8) is 0 Å². The van der Waals surface area contributed by atoms with Gasteiger partial charge in [-0.2, -0.15) is 15.1 Å². The molecule has 0 unspecified atom stereocenters. The monoisotopic (exact) mass is 541 g/mol. The number of anilines is 1. The fourth-order valence-corrected chi connectivity index (χ4v) is 5.45. The van der Waals surface area contributed by atoms with Gasteiger partial charge in [-0.15, -0.1) is 0 Å². The molecule has 2 atom stereocenters. The first kappa shape index (κ1) is 25.0. The lowest BCUT2D eigenvalue weighted by Crippen LogP contribution is -2.33. The van der Waals surface area contributed by atoms with Gasteiger partial charge in [0.25, 0.3) is 0 Å². The van der Waals surface area contributed by atoms with Crippen molar-refractivity contribution in [1.82, 2.24) is 30.0 Å². The van der Waals surface area contributed by atoms with Crippen LogP contribution in [-0.4, -0.2) is 82.6 Å². The molecular weight excluding hydrogens is 513 g/mol. The number of pyridine rings is 1. The largest absolute Gasteiger partial charge is 0.456 e. The van der Waals surface area contributed by atoms with E-state index in [-0.39, 0.29) is 34.9 Å². The van der Waals surface area contributed by atoms with Gasteiger partial charge in [0.1, 0.15) is 34.4 Å². The molecule has 4 aromatic rings. The molecule has 200 valence electrons. The molecule has 3 aromatic heterocycles. The zero-order chi connectivity index (χ0) is 26.4. The number of likely N-dealkylation sites (N-methyl/N-ethyl adjacent to an activating group) is 1. The minimum atomic E-state index is -0.626. The van der Waals surface area contributed by atoms with Crippen molar-refractivity contribution in [3.05, 3.63) is 34.9 Å². The van der Waals surface area contributed by atoms with E-state index in [1.165, 1.54) is 18.7 Å². The predicted octanol–water partition coefficient (Wildman–Crippen LogP) is 4.49. The number of rotatable bonds is 6. The van der Waals surface area contributed by atoms with Gasteiger partial charge in [0, 0.05) is 45.0 Å². The van der Waals surface area contributed by atoms with Crippen LogP contribution in [0, 0.1) is 12.7 Å². The number of halogens is 2. The van der Waals surface area contributed by atoms with Gasteiger partial charge in [0.05, 0.1) is 22.5 Å². The number of hydrogen-bond donors (Lipinski definition) is 1. The summed E-state index contributed by atoms with van der Waals surface area (Å²) in [5.41, 5.74) is 1.62. The van der Waals surface area contributed by atoms with Crippen molar-refractivity contribution < 1.29 is 18.6 Å². The summed E-state index contributed by atoms with van der Waals surface area (Å²) >= 11 is 6.36. The first-order valence-electron chi connectivity index (χ1n) is 12.7. The van der Waals surface area contributed by atoms with Gasteiger partial charge in [-0.1, -0.05) is 11.6 Å². The Morgan fingerprint density at radius 1 is 1.05 bits per heavy atom. The lowest BCUT2D eigenvalue weighted by molar-refractivity contribution is 0.0300. The molecule has 0 bridgehead atoms. The van der Waals surface area contributed by atoms with Crippen molar-refractivity contribution in [2.45, 2.75) is 38.4 Å². The number of hydrogen-bond acceptors (Lipinski definition) is 9. The maximum absolute atomic E-state index is 14.6. The third kappa shape index (κ3) is 4.59. The van der Waals surface area contributed by atoms with E-state index >= 15 is 0 Å². The lowest BCUT2D eigenvalue weighted by atomic mass is 10.1. The Kier molecular flexibility index (Phi) is 6.67. The Hall–Kier alpha value is -3.28. The summed E-state index contributed by atoms with van der Waals surface area (Å²) in [7, 11) is 3.70. The van der Waals surface area contributed by atoms with Crippen LogP contribution in [0.5, 0.6) is 17.6 Å². The first-order chi connectivity index (χ1) is 18.4. The average Bonchev–Trinajstić information content (AvgIpc) is 3.52. The summed E-state index contributed by atoms with van der Waals surface area (Å²) < 4.78 is 32.8. The normalized spacial score (nSPS) is 20.5. The summed E-state index contributed by atoms with van der Waals surface area (Å²) in [6.45, 7) is 5.06. The van der Waals surface area contributed by atoms with Crippen LogP contribution in [0.3, 0.4) is 0 Å². The van der Waals surface area contributed by atoms with Crippen molar-refractivity contribution in [2.75, 3.05) is 45.2 Å². The van der Waals surface area contributed by atoms with Crippen LogP contribution in [0.25, 0.3) is 21.8 Å². The van der Waals surface area contributed by atoms with Crippen LogP contribution in [-0.2, 0) is 4.74 Å². The summed E-state index contributed by atoms with van der Waals surface area (Å²) in [5.74, 6) is 0.442. The Morgan fingerprint density at radius 2 is 1.84 bits per heavy atom. The molecule has 0 aliphatic carbocycles. The molecule has 2 aliphatic heterocycles. The molecule has 5 heterocycles. The number of aromatic amines is 1. The van der Waals surface area contributed by atoms with Crippen LogP contribution in [0.1, 0.15) is 25.0 Å². The second-order valence-electron chi connectivity index (χ2n) is 9.93. The number of likely N-dealkylation sites (tertiary alicyclic amines) is 1. The maximum Gasteiger partial charge on any atom is 0.319 e. The molecule has 0 amide bonds. The topological polar surface area (TPSA) is 102 Å². The second-order valence-corrected chi connectivity index (χ2v) is 10.3. The SMILES string of the molecule is CO[C@@H]1CN(C)C[C@H]1Oc1nc(N2CCCCC2)c2cc(C)nc(Oc3c(Cl)c(F)cc4[nH]ncc34)c2n1. The molecule has 38 heavy (non-hydrogen) atoms. The van der Waals surface area contributed by atoms with Crippen molar-refractivity contribution >= 4 is 39.2 Å². The Bertz CT molecular complexity index is 1490. The molecule has 1 N–H and O–H groups in total. The van der Waals surface area contributed by atoms with Crippen LogP contribution in [0.4, 0.5) is 10.2 Å². The fourth-order valence-electron chi connectivity index (χ4n) is 5.26. The number of ether oxygens (including phenoxy) is 3. The van der Waals surface area contributed by atoms with Gasteiger partial charge < -0.3 is 19.1 Å². The molecule has 0 saturated carbocycles. The van der Waals surface area contributed by atoms with Crippen LogP contribution in [0.2, 0.25) is 5.02 Å². The standard InChI is InChI=1S/C26H29ClFN7O3/c1-14-9-15-22(25(30-14)38-23-16-11-29-33-18(16)10-17(28)21(23)27)31-26(32-24(15)35-7-5-4-6-8-35)37-20-13-34(2)12-19(20)36-3/h9-11,19-20H,4-8,12-13H2,1-3H3,(H,29,33)/t19-,20-/m1/s1. The summed E-state index contributed by atoms with van der Waals surface area (Å²) in [6.07, 6.45) is 4.53. The second kappa shape index (κ2) is 10.1. The van der Waals surface area contributed by atoms with E-state index in [1.54, 1.807) is 7.11 Å². The Labute approximate surface area is 224 Å². The number of aromatic nitrogens is 5. The maximum atomic E-state index is 14.6. The number of piperidine rings is 1. The summed E-state index contributed by atoms with van der Waals surface area (Å²) in [5, 5.41) is 7.93. The van der Waals surface area contributed by atoms with Gasteiger partial charge in [-0.05, 0) is 39.3 Å². The predicted molar refractivity (Wildman–Crippen MR) is 142 cm³/mol. The van der Waals surface area contributed by atoms with E-state index in [1.807, 2.05) is 20.0 Å². The first-order valence-corrected chi connectivity index (χ1v) is 13.1. The highest BCUT2D eigenvalue weighted by Gasteiger charge is 2.34. The van der Waals surface area contributed by atoms with Gasteiger partial charge in [0.15, 0.2) is 5.75 Å².